The fourth-order valence-electron chi connectivity index (χ4n) is 3.18. The van der Waals surface area contributed by atoms with E-state index in [1.807, 2.05) is 0 Å². The Labute approximate surface area is 181 Å². The van der Waals surface area contributed by atoms with E-state index in [9.17, 15) is 28.8 Å². The van der Waals surface area contributed by atoms with E-state index >= 15 is 0 Å². The quantitative estimate of drug-likeness (QED) is 0.129. The van der Waals surface area contributed by atoms with Crippen LogP contribution < -0.4 is 4.74 Å². The summed E-state index contributed by atoms with van der Waals surface area (Å²) >= 11 is 0.700. The van der Waals surface area contributed by atoms with Crippen molar-refractivity contribution in [2.24, 2.45) is 5.16 Å². The molecule has 31 heavy (non-hydrogen) atoms. The first kappa shape index (κ1) is 23.7. The van der Waals surface area contributed by atoms with Crippen LogP contribution in [0.5, 0.6) is 5.75 Å². The smallest absolute Gasteiger partial charge is 0.466 e. The van der Waals surface area contributed by atoms with Crippen molar-refractivity contribution in [3.05, 3.63) is 30.0 Å². The van der Waals surface area contributed by atoms with Crippen LogP contribution in [0.15, 0.2) is 29.6 Å². The monoisotopic (exact) mass is 478 g/mol. The van der Waals surface area contributed by atoms with Crippen molar-refractivity contribution in [3.8, 4) is 5.75 Å². The molecule has 14 heteroatoms. The molecule has 0 saturated carbocycles. The van der Waals surface area contributed by atoms with Gasteiger partial charge in [-0.3, -0.25) is 4.55 Å². The molecule has 6 N–H and O–H groups in total. The van der Waals surface area contributed by atoms with Gasteiger partial charge in [0.15, 0.2) is 0 Å². The maximum absolute atomic E-state index is 11.0. The SMILES string of the molecule is COc1cccc2[nH]cc(C/C(=N\OS(=O)(=O)O)S[C@@H]3O[C@H](CO)[C@@H](O)[C@H](O)[C@H]3O)c12. The molecule has 2 heterocycles. The number of aliphatic hydroxyl groups excluding tert-OH is 4. The molecule has 3 rings (SSSR count). The zero-order valence-corrected chi connectivity index (χ0v) is 17.8. The third kappa shape index (κ3) is 5.48. The molecule has 172 valence electrons. The van der Waals surface area contributed by atoms with E-state index in [-0.39, 0.29) is 11.5 Å². The van der Waals surface area contributed by atoms with E-state index in [1.165, 1.54) is 7.11 Å². The number of aromatic nitrogens is 1. The minimum atomic E-state index is -4.91. The highest BCUT2D eigenvalue weighted by atomic mass is 32.3. The molecule has 0 bridgehead atoms. The van der Waals surface area contributed by atoms with Crippen LogP contribution in [0.25, 0.3) is 10.9 Å². The molecule has 0 radical (unpaired) electrons. The van der Waals surface area contributed by atoms with Crippen molar-refractivity contribution in [1.82, 2.24) is 4.98 Å². The summed E-state index contributed by atoms with van der Waals surface area (Å²) in [6.45, 7) is -0.629. The zero-order valence-electron chi connectivity index (χ0n) is 16.2. The Morgan fingerprint density at radius 1 is 1.26 bits per heavy atom. The molecular weight excluding hydrogens is 456 g/mol. The maximum Gasteiger partial charge on any atom is 0.466 e. The molecule has 12 nitrogen and oxygen atoms in total. The second-order valence-electron chi connectivity index (χ2n) is 6.68. The van der Waals surface area contributed by atoms with E-state index in [2.05, 4.69) is 14.4 Å². The summed E-state index contributed by atoms with van der Waals surface area (Å²) in [7, 11) is -3.42. The summed E-state index contributed by atoms with van der Waals surface area (Å²) in [6, 6.07) is 5.31. The van der Waals surface area contributed by atoms with Gasteiger partial charge >= 0.3 is 10.4 Å². The number of aliphatic hydroxyl groups is 4. The van der Waals surface area contributed by atoms with Crippen LogP contribution in [0, 0.1) is 0 Å². The van der Waals surface area contributed by atoms with Crippen molar-refractivity contribution < 1.29 is 47.2 Å². The summed E-state index contributed by atoms with van der Waals surface area (Å²) in [5.74, 6) is 0.543. The molecule has 1 saturated heterocycles. The van der Waals surface area contributed by atoms with Crippen molar-refractivity contribution in [1.29, 1.82) is 0 Å². The Kier molecular flexibility index (Phi) is 7.43. The third-order valence-electron chi connectivity index (χ3n) is 4.64. The first-order chi connectivity index (χ1) is 14.6. The lowest BCUT2D eigenvalue weighted by Gasteiger charge is -2.39. The van der Waals surface area contributed by atoms with Gasteiger partial charge in [-0.05, 0) is 17.7 Å². The minimum Gasteiger partial charge on any atom is -0.496 e. The third-order valence-corrected chi connectivity index (χ3v) is 6.02. The number of nitrogens with one attached hydrogen (secondary N) is 1. The normalized spacial score (nSPS) is 27.4. The van der Waals surface area contributed by atoms with E-state index in [0.717, 1.165) is 5.52 Å². The highest BCUT2D eigenvalue weighted by molar-refractivity contribution is 8.14. The van der Waals surface area contributed by atoms with Crippen molar-refractivity contribution >= 4 is 38.1 Å². The van der Waals surface area contributed by atoms with Gasteiger partial charge in [0.1, 0.15) is 40.6 Å². The lowest BCUT2D eigenvalue weighted by Crippen LogP contribution is -2.57. The minimum absolute atomic E-state index is 0.0322. The van der Waals surface area contributed by atoms with Crippen LogP contribution in [-0.4, -0.2) is 87.0 Å². The van der Waals surface area contributed by atoms with Crippen molar-refractivity contribution in [2.75, 3.05) is 13.7 Å². The van der Waals surface area contributed by atoms with Gasteiger partial charge in [0, 0.05) is 23.5 Å². The van der Waals surface area contributed by atoms with Gasteiger partial charge < -0.3 is 34.9 Å². The number of nitrogens with zero attached hydrogens (tertiary/aromatic N) is 1. The van der Waals surface area contributed by atoms with Crippen LogP contribution >= 0.6 is 11.8 Å². The number of ether oxygens (including phenoxy) is 2. The summed E-state index contributed by atoms with van der Waals surface area (Å²) in [5.41, 5.74) is 0.135. The lowest BCUT2D eigenvalue weighted by atomic mass is 10.0. The van der Waals surface area contributed by atoms with Gasteiger partial charge in [0.05, 0.1) is 13.7 Å². The fraction of sp³-hybridized carbons (Fsp3) is 0.471. The lowest BCUT2D eigenvalue weighted by molar-refractivity contribution is -0.205. The average Bonchev–Trinajstić information content (AvgIpc) is 3.14. The molecule has 5 atom stereocenters. The summed E-state index contributed by atoms with van der Waals surface area (Å²) in [4.78, 5) is 3.04. The molecule has 1 aliphatic rings. The first-order valence-electron chi connectivity index (χ1n) is 8.97. The van der Waals surface area contributed by atoms with Gasteiger partial charge in [0.2, 0.25) is 0 Å². The predicted molar refractivity (Wildman–Crippen MR) is 110 cm³/mol. The number of thioether (sulfide) groups is 1. The summed E-state index contributed by atoms with van der Waals surface area (Å²) in [6.07, 6.45) is -4.31. The van der Waals surface area contributed by atoms with Gasteiger partial charge in [-0.15, -0.1) is 0 Å². The summed E-state index contributed by atoms with van der Waals surface area (Å²) in [5, 5.41) is 43.6. The van der Waals surface area contributed by atoms with E-state index in [4.69, 9.17) is 14.0 Å². The molecule has 1 aliphatic heterocycles. The number of hydrogen-bond donors (Lipinski definition) is 6. The topological polar surface area (TPSA) is 191 Å². The van der Waals surface area contributed by atoms with Gasteiger partial charge in [-0.2, -0.15) is 8.42 Å². The Balaban J connectivity index is 1.91. The molecular formula is C17H22N2O10S2. The number of rotatable bonds is 7. The standard InChI is InChI=1S/C17H22N2O10S2/c1-27-10-4-2-3-9-13(10)8(6-18-9)5-12(19-29-31(24,25)26)30-17-16(23)15(22)14(21)11(7-20)28-17/h2-4,6,11,14-18,20-23H,5,7H2,1H3,(H,24,25,26)/b19-12+/t11-,14-,15+,16-,17+/m1/s1. The van der Waals surface area contributed by atoms with Gasteiger partial charge in [-0.25, -0.2) is 4.28 Å². The molecule has 0 amide bonds. The molecule has 0 aliphatic carbocycles. The Morgan fingerprint density at radius 3 is 2.65 bits per heavy atom. The second-order valence-corrected chi connectivity index (χ2v) is 8.85. The Hall–Kier alpha value is -1.91. The van der Waals surface area contributed by atoms with E-state index < -0.39 is 46.9 Å². The Bertz CT molecular complexity index is 1040. The Morgan fingerprint density at radius 2 is 2.00 bits per heavy atom. The number of oxime groups is 1. The summed E-state index contributed by atoms with van der Waals surface area (Å²) < 4.78 is 45.8. The fourth-order valence-corrected chi connectivity index (χ4v) is 4.49. The molecule has 0 spiro atoms. The zero-order chi connectivity index (χ0) is 22.8. The largest absolute Gasteiger partial charge is 0.496 e. The van der Waals surface area contributed by atoms with E-state index in [1.54, 1.807) is 24.4 Å². The number of benzene rings is 1. The van der Waals surface area contributed by atoms with Crippen LogP contribution in [0.3, 0.4) is 0 Å². The highest BCUT2D eigenvalue weighted by Crippen LogP contribution is 2.33. The molecule has 2 aromatic rings. The number of aromatic amines is 1. The first-order valence-corrected chi connectivity index (χ1v) is 11.2. The van der Waals surface area contributed by atoms with Crippen LogP contribution in [0.4, 0.5) is 0 Å². The van der Waals surface area contributed by atoms with Crippen LogP contribution in [0.1, 0.15) is 5.56 Å². The second kappa shape index (κ2) is 9.70. The van der Waals surface area contributed by atoms with Crippen molar-refractivity contribution in [3.63, 3.8) is 0 Å². The average molecular weight is 479 g/mol. The van der Waals surface area contributed by atoms with Gasteiger partial charge in [0.25, 0.3) is 0 Å². The number of hydrogen-bond acceptors (Lipinski definition) is 11. The van der Waals surface area contributed by atoms with E-state index in [0.29, 0.717) is 28.5 Å². The van der Waals surface area contributed by atoms with Crippen LogP contribution in [0.2, 0.25) is 0 Å². The van der Waals surface area contributed by atoms with Crippen LogP contribution in [-0.2, 0) is 25.8 Å². The predicted octanol–water partition coefficient (Wildman–Crippen LogP) is -0.615. The highest BCUT2D eigenvalue weighted by Gasteiger charge is 2.44. The number of methoxy groups -OCH3 is 1. The molecule has 1 aromatic carbocycles. The molecule has 0 unspecified atom stereocenters. The maximum atomic E-state index is 11.0. The van der Waals surface area contributed by atoms with Crippen molar-refractivity contribution in [2.45, 2.75) is 36.3 Å². The molecule has 1 fully saturated rings. The van der Waals surface area contributed by atoms with Gasteiger partial charge in [-0.1, -0.05) is 23.0 Å². The number of H-pyrrole nitrogens is 1. The molecule has 1 aromatic heterocycles. The number of fused-ring (bicyclic) bond motifs is 1.